The summed E-state index contributed by atoms with van der Waals surface area (Å²) in [6, 6.07) is 0. The van der Waals surface area contributed by atoms with Gasteiger partial charge in [0, 0.05) is 51.9 Å². The summed E-state index contributed by atoms with van der Waals surface area (Å²) < 4.78 is 10.5. The third-order valence-electron chi connectivity index (χ3n) is 4.30. The van der Waals surface area contributed by atoms with Crippen molar-refractivity contribution in [2.75, 3.05) is 79.8 Å². The number of morpholine rings is 1. The van der Waals surface area contributed by atoms with Crippen LogP contribution in [0.25, 0.3) is 0 Å². The highest BCUT2D eigenvalue weighted by molar-refractivity contribution is 14.0. The smallest absolute Gasteiger partial charge is 0.191 e. The van der Waals surface area contributed by atoms with E-state index in [-0.39, 0.29) is 29.5 Å². The van der Waals surface area contributed by atoms with Crippen molar-refractivity contribution in [2.24, 2.45) is 4.99 Å². The molecule has 0 atom stereocenters. The van der Waals surface area contributed by atoms with Gasteiger partial charge in [-0.1, -0.05) is 0 Å². The van der Waals surface area contributed by atoms with Crippen molar-refractivity contribution >= 4 is 29.9 Å². The van der Waals surface area contributed by atoms with Crippen LogP contribution >= 0.6 is 24.0 Å². The largest absolute Gasteiger partial charge is 0.383 e. The number of aliphatic imine (C=N–C) groups is 1. The Morgan fingerprint density at radius 3 is 2.52 bits per heavy atom. The topological polar surface area (TPSA) is 61.4 Å². The van der Waals surface area contributed by atoms with Gasteiger partial charge in [-0.2, -0.15) is 0 Å². The third kappa shape index (κ3) is 10.5. The molecule has 1 heterocycles. The van der Waals surface area contributed by atoms with Gasteiger partial charge in [0.05, 0.1) is 26.4 Å². The zero-order chi connectivity index (χ0) is 17.8. The first-order valence-corrected chi connectivity index (χ1v) is 9.02. The molecule has 0 bridgehead atoms. The molecule has 2 N–H and O–H groups in total. The van der Waals surface area contributed by atoms with Crippen LogP contribution in [0.5, 0.6) is 0 Å². The highest BCUT2D eigenvalue weighted by atomic mass is 127. The summed E-state index contributed by atoms with van der Waals surface area (Å²) in [5.41, 5.74) is 0.0430. The molecule has 0 aromatic carbocycles. The summed E-state index contributed by atoms with van der Waals surface area (Å²) in [5.74, 6) is 0.888. The Labute approximate surface area is 170 Å². The summed E-state index contributed by atoms with van der Waals surface area (Å²) in [7, 11) is 3.84. The van der Waals surface area contributed by atoms with E-state index in [9.17, 15) is 0 Å². The van der Waals surface area contributed by atoms with Crippen LogP contribution in [-0.2, 0) is 9.47 Å². The van der Waals surface area contributed by atoms with E-state index in [0.29, 0.717) is 0 Å². The van der Waals surface area contributed by atoms with Gasteiger partial charge in [0.15, 0.2) is 5.96 Å². The average Bonchev–Trinajstić information content (AvgIpc) is 2.58. The molecular weight excluding hydrogens is 433 g/mol. The molecule has 150 valence electrons. The van der Waals surface area contributed by atoms with Gasteiger partial charge < -0.3 is 25.0 Å². The summed E-state index contributed by atoms with van der Waals surface area (Å²) >= 11 is 0. The minimum Gasteiger partial charge on any atom is -0.383 e. The zero-order valence-electron chi connectivity index (χ0n) is 16.6. The Kier molecular flexibility index (Phi) is 13.9. The predicted molar refractivity (Wildman–Crippen MR) is 115 cm³/mol. The third-order valence-corrected chi connectivity index (χ3v) is 4.30. The van der Waals surface area contributed by atoms with E-state index in [1.807, 2.05) is 0 Å². The van der Waals surface area contributed by atoms with Crippen molar-refractivity contribution in [1.82, 2.24) is 20.4 Å². The molecule has 0 saturated carbocycles. The lowest BCUT2D eigenvalue weighted by molar-refractivity contribution is -0.00683. The van der Waals surface area contributed by atoms with E-state index in [1.54, 1.807) is 7.11 Å². The Morgan fingerprint density at radius 1 is 1.24 bits per heavy atom. The van der Waals surface area contributed by atoms with Crippen molar-refractivity contribution in [3.63, 3.8) is 0 Å². The molecule has 1 rings (SSSR count). The summed E-state index contributed by atoms with van der Waals surface area (Å²) in [6.07, 6.45) is 0. The number of methoxy groups -OCH3 is 1. The quantitative estimate of drug-likeness (QED) is 0.280. The number of ether oxygens (including phenoxy) is 2. The van der Waals surface area contributed by atoms with Crippen LogP contribution < -0.4 is 10.6 Å². The van der Waals surface area contributed by atoms with Gasteiger partial charge in [0.2, 0.25) is 0 Å². The fraction of sp³-hybridized carbons (Fsp3) is 0.941. The molecule has 0 amide bonds. The molecule has 0 spiro atoms. The molecule has 1 fully saturated rings. The lowest BCUT2D eigenvalue weighted by Gasteiger charge is -2.39. The van der Waals surface area contributed by atoms with Crippen LogP contribution in [-0.4, -0.2) is 101 Å². The molecule has 7 nitrogen and oxygen atoms in total. The van der Waals surface area contributed by atoms with E-state index < -0.39 is 0 Å². The van der Waals surface area contributed by atoms with Gasteiger partial charge in [0.25, 0.3) is 0 Å². The van der Waals surface area contributed by atoms with Crippen LogP contribution in [0.15, 0.2) is 4.99 Å². The fourth-order valence-electron chi connectivity index (χ4n) is 2.61. The van der Waals surface area contributed by atoms with Crippen molar-refractivity contribution < 1.29 is 9.47 Å². The van der Waals surface area contributed by atoms with E-state index in [1.165, 1.54) is 0 Å². The SMILES string of the molecule is CCNC(=NCC(C)(C)N1CCOCC1)NCCN(C)CCOC.I. The van der Waals surface area contributed by atoms with Crippen LogP contribution in [0.3, 0.4) is 0 Å². The minimum atomic E-state index is 0. The van der Waals surface area contributed by atoms with E-state index in [2.05, 4.69) is 48.3 Å². The van der Waals surface area contributed by atoms with Crippen LogP contribution in [0, 0.1) is 0 Å². The Hall–Kier alpha value is -0.160. The first-order chi connectivity index (χ1) is 11.5. The number of guanidine groups is 1. The molecule has 1 aliphatic heterocycles. The highest BCUT2D eigenvalue weighted by Crippen LogP contribution is 2.16. The van der Waals surface area contributed by atoms with Crippen LogP contribution in [0.4, 0.5) is 0 Å². The van der Waals surface area contributed by atoms with Crippen LogP contribution in [0.2, 0.25) is 0 Å². The molecule has 0 aromatic heterocycles. The Bertz CT molecular complexity index is 363. The lowest BCUT2D eigenvalue weighted by atomic mass is 10.0. The van der Waals surface area contributed by atoms with Crippen LogP contribution in [0.1, 0.15) is 20.8 Å². The van der Waals surface area contributed by atoms with Gasteiger partial charge >= 0.3 is 0 Å². The van der Waals surface area contributed by atoms with Crippen molar-refractivity contribution in [1.29, 1.82) is 0 Å². The minimum absolute atomic E-state index is 0. The number of hydrogen-bond acceptors (Lipinski definition) is 5. The van der Waals surface area contributed by atoms with Gasteiger partial charge in [-0.15, -0.1) is 24.0 Å². The standard InChI is InChI=1S/C17H37N5O2.HI/c1-6-18-16(19-7-8-21(4)9-12-23-5)20-15-17(2,3)22-10-13-24-14-11-22;/h6-15H2,1-5H3,(H2,18,19,20);1H. The normalized spacial score (nSPS) is 16.6. The van der Waals surface area contributed by atoms with Crippen molar-refractivity contribution in [2.45, 2.75) is 26.3 Å². The maximum Gasteiger partial charge on any atom is 0.191 e. The summed E-state index contributed by atoms with van der Waals surface area (Å²) in [6.45, 7) is 15.4. The number of nitrogens with zero attached hydrogens (tertiary/aromatic N) is 3. The number of hydrogen-bond donors (Lipinski definition) is 2. The van der Waals surface area contributed by atoms with Crippen molar-refractivity contribution in [3.8, 4) is 0 Å². The zero-order valence-corrected chi connectivity index (χ0v) is 19.0. The van der Waals surface area contributed by atoms with E-state index >= 15 is 0 Å². The second-order valence-corrected chi connectivity index (χ2v) is 6.83. The number of nitrogens with one attached hydrogen (secondary N) is 2. The second kappa shape index (κ2) is 14.0. The number of halogens is 1. The molecule has 1 aliphatic rings. The van der Waals surface area contributed by atoms with Gasteiger partial charge in [-0.25, -0.2) is 0 Å². The Balaban J connectivity index is 0.00000576. The summed E-state index contributed by atoms with van der Waals surface area (Å²) in [4.78, 5) is 9.50. The molecule has 0 radical (unpaired) electrons. The van der Waals surface area contributed by atoms with E-state index in [4.69, 9.17) is 14.5 Å². The molecule has 0 unspecified atom stereocenters. The molecule has 25 heavy (non-hydrogen) atoms. The van der Waals surface area contributed by atoms with Gasteiger partial charge in [-0.3, -0.25) is 9.89 Å². The first-order valence-electron chi connectivity index (χ1n) is 9.02. The fourth-order valence-corrected chi connectivity index (χ4v) is 2.61. The monoisotopic (exact) mass is 471 g/mol. The highest BCUT2D eigenvalue weighted by Gasteiger charge is 2.28. The number of likely N-dealkylation sites (N-methyl/N-ethyl adjacent to an activating group) is 1. The molecule has 0 aliphatic carbocycles. The lowest BCUT2D eigenvalue weighted by Crippen LogP contribution is -2.52. The second-order valence-electron chi connectivity index (χ2n) is 6.83. The van der Waals surface area contributed by atoms with E-state index in [0.717, 1.165) is 71.6 Å². The van der Waals surface area contributed by atoms with Gasteiger partial charge in [-0.05, 0) is 27.8 Å². The average molecular weight is 471 g/mol. The van der Waals surface area contributed by atoms with Gasteiger partial charge in [0.1, 0.15) is 0 Å². The number of rotatable bonds is 10. The van der Waals surface area contributed by atoms with Crippen molar-refractivity contribution in [3.05, 3.63) is 0 Å². The molecular formula is C17H38IN5O2. The predicted octanol–water partition coefficient (Wildman–Crippen LogP) is 0.849. The maximum absolute atomic E-state index is 5.45. The maximum atomic E-state index is 5.45. The first kappa shape index (κ1) is 24.8. The molecule has 8 heteroatoms. The molecule has 0 aromatic rings. The summed E-state index contributed by atoms with van der Waals surface area (Å²) in [5, 5.41) is 6.74. The molecule has 1 saturated heterocycles. The Morgan fingerprint density at radius 2 is 1.92 bits per heavy atom.